The lowest BCUT2D eigenvalue weighted by Crippen LogP contribution is -2.40. The van der Waals surface area contributed by atoms with E-state index < -0.39 is 11.2 Å². The minimum atomic E-state index is -0.460. The van der Waals surface area contributed by atoms with E-state index in [0.29, 0.717) is 55.7 Å². The normalized spacial score (nSPS) is 21.1. The molecule has 1 aliphatic heterocycles. The van der Waals surface area contributed by atoms with Crippen molar-refractivity contribution in [1.29, 1.82) is 0 Å². The highest BCUT2D eigenvalue weighted by atomic mass is 16.5. The Kier molecular flexibility index (Phi) is 4.46. The van der Waals surface area contributed by atoms with Gasteiger partial charge in [-0.2, -0.15) is 0 Å². The lowest BCUT2D eigenvalue weighted by molar-refractivity contribution is 0.0363. The van der Waals surface area contributed by atoms with Crippen LogP contribution in [-0.4, -0.2) is 58.1 Å². The summed E-state index contributed by atoms with van der Waals surface area (Å²) < 4.78 is 6.85. The summed E-state index contributed by atoms with van der Waals surface area (Å²) in [6, 6.07) is 0. The Morgan fingerprint density at radius 1 is 1.19 bits per heavy atom. The molecule has 8 nitrogen and oxygen atoms in total. The maximum Gasteiger partial charge on any atom is 0.330 e. The van der Waals surface area contributed by atoms with Crippen molar-refractivity contribution in [1.82, 2.24) is 19.4 Å². The van der Waals surface area contributed by atoms with Gasteiger partial charge in [-0.25, -0.2) is 9.78 Å². The van der Waals surface area contributed by atoms with E-state index in [4.69, 9.17) is 4.74 Å². The maximum atomic E-state index is 12.5. The molecule has 8 heteroatoms. The number of hydrogen-bond acceptors (Lipinski definition) is 6. The molecule has 1 N–H and O–H groups in total. The Balaban J connectivity index is 1.78. The van der Waals surface area contributed by atoms with Gasteiger partial charge in [0.1, 0.15) is 5.65 Å². The molecule has 0 aromatic carbocycles. The molecule has 0 saturated carbocycles. The highest BCUT2D eigenvalue weighted by Gasteiger charge is 2.27. The van der Waals surface area contributed by atoms with Crippen LogP contribution >= 0.6 is 0 Å². The zero-order valence-electron chi connectivity index (χ0n) is 14.8. The highest BCUT2D eigenvalue weighted by molar-refractivity contribution is 6.02. The summed E-state index contributed by atoms with van der Waals surface area (Å²) in [6.45, 7) is 6.13. The van der Waals surface area contributed by atoms with Crippen LogP contribution in [0.3, 0.4) is 0 Å². The number of aromatic amines is 1. The second kappa shape index (κ2) is 6.77. The monoisotopic (exact) mass is 358 g/mol. The van der Waals surface area contributed by atoms with E-state index in [9.17, 15) is 14.4 Å². The molecule has 138 valence electrons. The van der Waals surface area contributed by atoms with Gasteiger partial charge in [-0.15, -0.1) is 0 Å². The molecule has 2 aromatic heterocycles. The number of carbonyl (C=O) groups is 1. The molecule has 1 aliphatic carbocycles. The number of aromatic nitrogens is 3. The van der Waals surface area contributed by atoms with E-state index >= 15 is 0 Å². The van der Waals surface area contributed by atoms with E-state index in [-0.39, 0.29) is 11.7 Å². The first-order valence-corrected chi connectivity index (χ1v) is 9.02. The Labute approximate surface area is 149 Å². The van der Waals surface area contributed by atoms with Crippen LogP contribution in [0.2, 0.25) is 0 Å². The number of nitrogens with zero attached hydrogens (tertiary/aromatic N) is 3. The molecule has 3 heterocycles. The molecular weight excluding hydrogens is 336 g/mol. The van der Waals surface area contributed by atoms with Gasteiger partial charge in [0.15, 0.2) is 5.78 Å². The highest BCUT2D eigenvalue weighted by Crippen LogP contribution is 2.28. The largest absolute Gasteiger partial charge is 0.379 e. The van der Waals surface area contributed by atoms with Crippen LogP contribution in [0.1, 0.15) is 29.3 Å². The van der Waals surface area contributed by atoms with E-state index in [2.05, 4.69) is 14.9 Å². The number of ketones is 1. The summed E-state index contributed by atoms with van der Waals surface area (Å²) in [5.41, 5.74) is 0.685. The van der Waals surface area contributed by atoms with Crippen LogP contribution in [-0.2, 0) is 17.7 Å². The molecule has 0 unspecified atom stereocenters. The Hall–Kier alpha value is -2.32. The number of H-pyrrole nitrogens is 1. The molecule has 1 saturated heterocycles. The minimum absolute atomic E-state index is 0.0126. The quantitative estimate of drug-likeness (QED) is 0.841. The van der Waals surface area contributed by atoms with E-state index in [1.54, 1.807) is 0 Å². The number of nitrogens with one attached hydrogen (secondary N) is 1. The van der Waals surface area contributed by atoms with Crippen molar-refractivity contribution < 1.29 is 9.53 Å². The topological polar surface area (TPSA) is 97.3 Å². The van der Waals surface area contributed by atoms with Crippen molar-refractivity contribution in [3.05, 3.63) is 38.2 Å². The molecular formula is C18H22N4O4. The third-order valence-electron chi connectivity index (χ3n) is 5.25. The molecule has 26 heavy (non-hydrogen) atoms. The van der Waals surface area contributed by atoms with Crippen molar-refractivity contribution in [3.8, 4) is 0 Å². The van der Waals surface area contributed by atoms with Gasteiger partial charge in [-0.1, -0.05) is 6.92 Å². The van der Waals surface area contributed by atoms with Crippen LogP contribution in [0.5, 0.6) is 0 Å². The van der Waals surface area contributed by atoms with E-state index in [1.165, 1.54) is 10.8 Å². The van der Waals surface area contributed by atoms with Gasteiger partial charge in [0, 0.05) is 44.4 Å². The van der Waals surface area contributed by atoms with Crippen molar-refractivity contribution in [2.45, 2.75) is 26.3 Å². The molecule has 0 spiro atoms. The number of morpholine rings is 1. The number of fused-ring (bicyclic) bond motifs is 3. The lowest BCUT2D eigenvalue weighted by atomic mass is 9.84. The fourth-order valence-corrected chi connectivity index (χ4v) is 3.88. The summed E-state index contributed by atoms with van der Waals surface area (Å²) in [6.07, 6.45) is 2.63. The predicted octanol–water partition coefficient (Wildman–Crippen LogP) is 0.182. The molecule has 2 aromatic rings. The van der Waals surface area contributed by atoms with Gasteiger partial charge in [-0.3, -0.25) is 24.0 Å². The number of ether oxygens (including phenoxy) is 1. The zero-order valence-corrected chi connectivity index (χ0v) is 14.8. The first kappa shape index (κ1) is 17.1. The third kappa shape index (κ3) is 2.99. The van der Waals surface area contributed by atoms with Crippen LogP contribution < -0.4 is 11.2 Å². The van der Waals surface area contributed by atoms with Gasteiger partial charge < -0.3 is 4.74 Å². The fourth-order valence-electron chi connectivity index (χ4n) is 3.88. The average molecular weight is 358 g/mol. The van der Waals surface area contributed by atoms with Gasteiger partial charge in [0.05, 0.1) is 18.6 Å². The first-order chi connectivity index (χ1) is 12.5. The van der Waals surface area contributed by atoms with Crippen molar-refractivity contribution in [2.24, 2.45) is 5.92 Å². The van der Waals surface area contributed by atoms with Crippen molar-refractivity contribution in [2.75, 3.05) is 32.8 Å². The second-order valence-electron chi connectivity index (χ2n) is 7.15. The third-order valence-corrected chi connectivity index (χ3v) is 5.25. The molecule has 4 rings (SSSR count). The molecule has 2 aliphatic rings. The number of pyridine rings is 1. The number of Topliss-reactive ketones (excluding diaryl/α,β-unsaturated/α-hetero) is 1. The fraction of sp³-hybridized carbons (Fsp3) is 0.556. The van der Waals surface area contributed by atoms with E-state index in [0.717, 1.165) is 18.7 Å². The number of carbonyl (C=O) groups excluding carboxylic acids is 1. The summed E-state index contributed by atoms with van der Waals surface area (Å²) >= 11 is 0. The predicted molar refractivity (Wildman–Crippen MR) is 95.7 cm³/mol. The summed E-state index contributed by atoms with van der Waals surface area (Å²) in [5, 5.41) is 0.379. The molecule has 1 fully saturated rings. The van der Waals surface area contributed by atoms with Gasteiger partial charge >= 0.3 is 5.69 Å². The first-order valence-electron chi connectivity index (χ1n) is 9.02. The molecule has 0 amide bonds. The second-order valence-corrected chi connectivity index (χ2v) is 7.15. The SMILES string of the molecule is C[C@H]1CC(=O)c2cnc3c(c2C1)c(=O)[nH]c(=O)n3CCN1CCOCC1. The molecule has 0 radical (unpaired) electrons. The Morgan fingerprint density at radius 2 is 1.96 bits per heavy atom. The number of rotatable bonds is 3. The minimum Gasteiger partial charge on any atom is -0.379 e. The summed E-state index contributed by atoms with van der Waals surface area (Å²) in [7, 11) is 0. The summed E-state index contributed by atoms with van der Waals surface area (Å²) in [5.74, 6) is 0.187. The van der Waals surface area contributed by atoms with Crippen LogP contribution in [0.4, 0.5) is 0 Å². The van der Waals surface area contributed by atoms with E-state index in [1.807, 2.05) is 6.92 Å². The van der Waals surface area contributed by atoms with Crippen molar-refractivity contribution in [3.63, 3.8) is 0 Å². The van der Waals surface area contributed by atoms with Gasteiger partial charge in [0.2, 0.25) is 0 Å². The lowest BCUT2D eigenvalue weighted by Gasteiger charge is -2.27. The Bertz CT molecular complexity index is 972. The van der Waals surface area contributed by atoms with Crippen LogP contribution in [0.25, 0.3) is 11.0 Å². The van der Waals surface area contributed by atoms with Crippen LogP contribution in [0, 0.1) is 5.92 Å². The summed E-state index contributed by atoms with van der Waals surface area (Å²) in [4.78, 5) is 46.1. The standard InChI is InChI=1S/C18H22N4O4/c1-11-8-12-13(14(23)9-11)10-19-16-15(12)17(24)20-18(25)22(16)3-2-21-4-6-26-7-5-21/h10-11H,2-9H2,1H3,(H,20,24,25)/t11-/m1/s1. The van der Waals surface area contributed by atoms with Gasteiger partial charge in [0.25, 0.3) is 5.56 Å². The van der Waals surface area contributed by atoms with Crippen LogP contribution in [0.15, 0.2) is 15.8 Å². The number of hydrogen-bond donors (Lipinski definition) is 1. The van der Waals surface area contributed by atoms with Gasteiger partial charge in [-0.05, 0) is 17.9 Å². The Morgan fingerprint density at radius 3 is 2.73 bits per heavy atom. The molecule has 0 bridgehead atoms. The smallest absolute Gasteiger partial charge is 0.330 e. The average Bonchev–Trinajstić information content (AvgIpc) is 2.61. The zero-order chi connectivity index (χ0) is 18.3. The van der Waals surface area contributed by atoms with Crippen molar-refractivity contribution >= 4 is 16.8 Å². The molecule has 1 atom stereocenters. The maximum absolute atomic E-state index is 12.5.